The molecule has 3 aromatic carbocycles. The van der Waals surface area contributed by atoms with Crippen LogP contribution < -0.4 is 10.1 Å². The van der Waals surface area contributed by atoms with Gasteiger partial charge in [0.25, 0.3) is 5.91 Å². The first kappa shape index (κ1) is 26.7. The highest BCUT2D eigenvalue weighted by atomic mass is 35.5. The number of fused-ring (bicyclic) bond motifs is 1. The average molecular weight is 518 g/mol. The fourth-order valence-electron chi connectivity index (χ4n) is 4.45. The summed E-state index contributed by atoms with van der Waals surface area (Å²) in [5.41, 5.74) is 4.13. The predicted octanol–water partition coefficient (Wildman–Crippen LogP) is 7.43. The Morgan fingerprint density at radius 1 is 0.973 bits per heavy atom. The summed E-state index contributed by atoms with van der Waals surface area (Å²) in [5, 5.41) is 3.55. The van der Waals surface area contributed by atoms with Crippen LogP contribution in [-0.4, -0.2) is 28.6 Å². The number of amides is 1. The zero-order valence-corrected chi connectivity index (χ0v) is 22.5. The highest BCUT2D eigenvalue weighted by Gasteiger charge is 2.11. The van der Waals surface area contributed by atoms with Gasteiger partial charge in [0.15, 0.2) is 0 Å². The van der Waals surface area contributed by atoms with E-state index in [9.17, 15) is 4.79 Å². The first-order valence-corrected chi connectivity index (χ1v) is 13.6. The van der Waals surface area contributed by atoms with Crippen molar-refractivity contribution in [1.29, 1.82) is 0 Å². The maximum atomic E-state index is 12.3. The van der Waals surface area contributed by atoms with E-state index in [1.807, 2.05) is 6.07 Å². The van der Waals surface area contributed by atoms with Crippen molar-refractivity contribution in [2.75, 3.05) is 13.2 Å². The van der Waals surface area contributed by atoms with E-state index in [1.165, 1.54) is 11.1 Å². The summed E-state index contributed by atoms with van der Waals surface area (Å²) in [4.78, 5) is 17.2. The van der Waals surface area contributed by atoms with E-state index in [4.69, 9.17) is 21.3 Å². The van der Waals surface area contributed by atoms with Gasteiger partial charge in [0, 0.05) is 30.1 Å². The monoisotopic (exact) mass is 517 g/mol. The molecule has 4 rings (SSSR count). The number of nitrogens with zero attached hydrogens (tertiary/aromatic N) is 2. The highest BCUT2D eigenvalue weighted by molar-refractivity contribution is 6.30. The van der Waals surface area contributed by atoms with Crippen LogP contribution in [0.5, 0.6) is 5.75 Å². The molecule has 0 saturated carbocycles. The third-order valence-corrected chi connectivity index (χ3v) is 6.76. The van der Waals surface area contributed by atoms with Gasteiger partial charge in [-0.05, 0) is 73.2 Å². The van der Waals surface area contributed by atoms with Crippen LogP contribution in [0.3, 0.4) is 0 Å². The zero-order valence-electron chi connectivity index (χ0n) is 21.8. The molecule has 0 atom stereocenters. The van der Waals surface area contributed by atoms with Crippen LogP contribution >= 0.6 is 11.6 Å². The number of aromatic nitrogens is 2. The van der Waals surface area contributed by atoms with Crippen LogP contribution in [0.2, 0.25) is 5.02 Å². The predicted molar refractivity (Wildman–Crippen MR) is 152 cm³/mol. The van der Waals surface area contributed by atoms with Crippen molar-refractivity contribution in [2.45, 2.75) is 58.4 Å². The number of para-hydroxylation sites is 2. The van der Waals surface area contributed by atoms with Gasteiger partial charge in [0.2, 0.25) is 0 Å². The second-order valence-corrected chi connectivity index (χ2v) is 10.1. The average Bonchev–Trinajstić information content (AvgIpc) is 3.26. The Balaban J connectivity index is 1.24. The molecule has 4 aromatic rings. The van der Waals surface area contributed by atoms with Crippen LogP contribution in [0, 0.1) is 0 Å². The molecule has 1 heterocycles. The Kier molecular flexibility index (Phi) is 9.61. The molecule has 0 aliphatic rings. The van der Waals surface area contributed by atoms with Crippen LogP contribution in [0.25, 0.3) is 11.0 Å². The Bertz CT molecular complexity index is 1300. The molecule has 6 heteroatoms. The highest BCUT2D eigenvalue weighted by Crippen LogP contribution is 2.20. The zero-order chi connectivity index (χ0) is 26.0. The number of benzene rings is 3. The molecule has 1 N–H and O–H groups in total. The van der Waals surface area contributed by atoms with Crippen LogP contribution in [-0.2, 0) is 13.0 Å². The molecule has 194 valence electrons. The summed E-state index contributed by atoms with van der Waals surface area (Å²) in [6.45, 7) is 6.58. The van der Waals surface area contributed by atoms with Gasteiger partial charge in [0.05, 0.1) is 17.6 Å². The van der Waals surface area contributed by atoms with Crippen molar-refractivity contribution in [3.63, 3.8) is 0 Å². The summed E-state index contributed by atoms with van der Waals surface area (Å²) < 4.78 is 8.33. The van der Waals surface area contributed by atoms with Gasteiger partial charge in [-0.3, -0.25) is 4.79 Å². The second kappa shape index (κ2) is 13.3. The summed E-state index contributed by atoms with van der Waals surface area (Å²) in [6, 6.07) is 23.8. The lowest BCUT2D eigenvalue weighted by Crippen LogP contribution is -2.24. The molecule has 37 heavy (non-hydrogen) atoms. The minimum absolute atomic E-state index is 0.0811. The van der Waals surface area contributed by atoms with Crippen LogP contribution in [0.15, 0.2) is 72.8 Å². The van der Waals surface area contributed by atoms with Crippen molar-refractivity contribution in [2.24, 2.45) is 0 Å². The molecule has 0 fully saturated rings. The van der Waals surface area contributed by atoms with Gasteiger partial charge in [-0.1, -0.05) is 62.2 Å². The van der Waals surface area contributed by atoms with Crippen molar-refractivity contribution in [3.8, 4) is 5.75 Å². The first-order valence-electron chi connectivity index (χ1n) is 13.2. The number of carbonyl (C=O) groups is 1. The van der Waals surface area contributed by atoms with Gasteiger partial charge in [-0.25, -0.2) is 4.98 Å². The molecule has 0 unspecified atom stereocenters. The molecular formula is C31H36ClN3O2. The van der Waals surface area contributed by atoms with Gasteiger partial charge < -0.3 is 14.6 Å². The number of halogens is 1. The maximum Gasteiger partial charge on any atom is 0.251 e. The number of carbonyl (C=O) groups excluding carboxylic acids is 1. The number of nitrogens with one attached hydrogen (secondary N) is 1. The van der Waals surface area contributed by atoms with Crippen molar-refractivity contribution < 1.29 is 9.53 Å². The van der Waals surface area contributed by atoms with Gasteiger partial charge in [0.1, 0.15) is 11.6 Å². The lowest BCUT2D eigenvalue weighted by molar-refractivity contribution is 0.0953. The van der Waals surface area contributed by atoms with Crippen molar-refractivity contribution in [3.05, 3.63) is 94.8 Å². The normalized spacial score (nSPS) is 11.2. The summed E-state index contributed by atoms with van der Waals surface area (Å²) in [6.07, 6.45) is 4.79. The molecule has 5 nitrogen and oxygen atoms in total. The quantitative estimate of drug-likeness (QED) is 0.188. The van der Waals surface area contributed by atoms with E-state index >= 15 is 0 Å². The van der Waals surface area contributed by atoms with E-state index in [1.54, 1.807) is 24.3 Å². The number of ether oxygens (including phenoxy) is 1. The molecule has 0 saturated heterocycles. The number of imidazole rings is 1. The number of aryl methyl sites for hydroxylation is 2. The number of hydrogen-bond acceptors (Lipinski definition) is 3. The summed E-state index contributed by atoms with van der Waals surface area (Å²) in [7, 11) is 0. The smallest absolute Gasteiger partial charge is 0.251 e. The minimum atomic E-state index is -0.0811. The van der Waals surface area contributed by atoms with Gasteiger partial charge >= 0.3 is 0 Å². The SMILES string of the molecule is CC(C)c1ccc(OCCCn2c(CCCCCNC(=O)c3cccc(Cl)c3)nc3ccccc32)cc1. The van der Waals surface area contributed by atoms with Gasteiger partial charge in [-0.15, -0.1) is 0 Å². The minimum Gasteiger partial charge on any atom is -0.494 e. The lowest BCUT2D eigenvalue weighted by atomic mass is 10.0. The molecule has 1 amide bonds. The maximum absolute atomic E-state index is 12.3. The molecule has 0 aliphatic heterocycles. The molecule has 0 bridgehead atoms. The molecule has 0 radical (unpaired) electrons. The van der Waals surface area contributed by atoms with Gasteiger partial charge in [-0.2, -0.15) is 0 Å². The second-order valence-electron chi connectivity index (χ2n) is 9.67. The van der Waals surface area contributed by atoms with E-state index in [-0.39, 0.29) is 5.91 Å². The van der Waals surface area contributed by atoms with E-state index in [0.717, 1.165) is 55.7 Å². The van der Waals surface area contributed by atoms with Crippen LogP contribution in [0.1, 0.15) is 67.2 Å². The Labute approximate surface area is 224 Å². The largest absolute Gasteiger partial charge is 0.494 e. The summed E-state index contributed by atoms with van der Waals surface area (Å²) in [5.74, 6) is 2.48. The standard InChI is InChI=1S/C31H36ClN3O2/c1-23(2)24-15-17-27(18-16-24)37-21-9-20-35-29-13-6-5-12-28(29)34-30(35)14-4-3-7-19-33-31(36)25-10-8-11-26(32)22-25/h5-6,8,10-13,15-18,22-23H,3-4,7,9,14,19-21H2,1-2H3,(H,33,36). The van der Waals surface area contributed by atoms with Crippen molar-refractivity contribution in [1.82, 2.24) is 14.9 Å². The Hall–Kier alpha value is -3.31. The first-order chi connectivity index (χ1) is 18.0. The fraction of sp³-hybridized carbons (Fsp3) is 0.355. The third kappa shape index (κ3) is 7.59. The molecule has 0 aliphatic carbocycles. The number of rotatable bonds is 13. The summed E-state index contributed by atoms with van der Waals surface area (Å²) >= 11 is 5.98. The van der Waals surface area contributed by atoms with E-state index in [0.29, 0.717) is 29.7 Å². The molecular weight excluding hydrogens is 482 g/mol. The fourth-order valence-corrected chi connectivity index (χ4v) is 4.64. The molecule has 0 spiro atoms. The Morgan fingerprint density at radius 3 is 2.57 bits per heavy atom. The topological polar surface area (TPSA) is 56.1 Å². The number of hydrogen-bond donors (Lipinski definition) is 1. The third-order valence-electron chi connectivity index (χ3n) is 6.52. The number of unbranched alkanes of at least 4 members (excludes halogenated alkanes) is 2. The van der Waals surface area contributed by atoms with Crippen molar-refractivity contribution >= 4 is 28.5 Å². The molecule has 1 aromatic heterocycles. The Morgan fingerprint density at radius 2 is 1.78 bits per heavy atom. The van der Waals surface area contributed by atoms with E-state index in [2.05, 4.69) is 66.2 Å². The van der Waals surface area contributed by atoms with E-state index < -0.39 is 0 Å². The van der Waals surface area contributed by atoms with Crippen LogP contribution in [0.4, 0.5) is 0 Å². The lowest BCUT2D eigenvalue weighted by Gasteiger charge is -2.11.